The number of aromatic nitrogens is 2. The minimum atomic E-state index is -0.239. The van der Waals surface area contributed by atoms with E-state index >= 15 is 0 Å². The maximum Gasteiger partial charge on any atom is 0.240 e. The Morgan fingerprint density at radius 2 is 1.87 bits per heavy atom. The van der Waals surface area contributed by atoms with Crippen molar-refractivity contribution in [2.75, 3.05) is 4.90 Å². The molecule has 6 rings (SSSR count). The molecule has 0 unspecified atom stereocenters. The lowest BCUT2D eigenvalue weighted by Gasteiger charge is -2.14. The molecule has 3 heterocycles. The number of ether oxygens (including phenoxy) is 1. The van der Waals surface area contributed by atoms with Crippen LogP contribution < -0.4 is 9.64 Å². The Balaban J connectivity index is 1.31. The van der Waals surface area contributed by atoms with Gasteiger partial charge in [-0.15, -0.1) is 0 Å². The predicted molar refractivity (Wildman–Crippen MR) is 109 cm³/mol. The first-order chi connectivity index (χ1) is 14.6. The zero-order valence-corrected chi connectivity index (χ0v) is 16.4. The number of allylic oxidation sites excluding steroid dienone is 2. The molecule has 0 radical (unpaired) electrons. The molecule has 4 atom stereocenters. The molecule has 2 bridgehead atoms. The molecule has 0 N–H and O–H groups in total. The van der Waals surface area contributed by atoms with Crippen LogP contribution in [0, 0.1) is 35.0 Å². The summed E-state index contributed by atoms with van der Waals surface area (Å²) < 4.78 is 6.57. The Bertz CT molecular complexity index is 1280. The van der Waals surface area contributed by atoms with Crippen molar-refractivity contribution in [2.24, 2.45) is 23.7 Å². The highest BCUT2D eigenvalue weighted by atomic mass is 32.1. The molecular formula is C22H14N4O3S. The number of benzene rings is 1. The lowest BCUT2D eigenvalue weighted by molar-refractivity contribution is -0.123. The third-order valence-corrected chi connectivity index (χ3v) is 7.10. The standard InChI is InChI=1S/C22H14N4O3S/c23-10-11-5-6-24-17(7-11)29-14-3-4-15-16(9-14)30-22(25-15)26-20(27)18-12-1-2-13(8-12)19(18)21(26)28/h1-7,9,12-13,18-19H,8H2/t12-,13+,18-,19+. The number of imide groups is 1. The molecule has 1 aromatic carbocycles. The van der Waals surface area contributed by atoms with Crippen LogP contribution in [0.4, 0.5) is 5.13 Å². The van der Waals surface area contributed by atoms with E-state index in [0.717, 1.165) is 11.1 Å². The number of hydrogen-bond donors (Lipinski definition) is 0. The number of anilines is 1. The summed E-state index contributed by atoms with van der Waals surface area (Å²) in [6, 6.07) is 10.6. The summed E-state index contributed by atoms with van der Waals surface area (Å²) in [6.45, 7) is 0. The van der Waals surface area contributed by atoms with Crippen LogP contribution in [0.2, 0.25) is 0 Å². The summed E-state index contributed by atoms with van der Waals surface area (Å²) in [5.41, 5.74) is 1.15. The van der Waals surface area contributed by atoms with E-state index in [9.17, 15) is 9.59 Å². The van der Waals surface area contributed by atoms with E-state index in [1.807, 2.05) is 0 Å². The van der Waals surface area contributed by atoms with Crippen LogP contribution in [-0.2, 0) is 9.59 Å². The van der Waals surface area contributed by atoms with Crippen LogP contribution in [0.5, 0.6) is 11.6 Å². The highest BCUT2D eigenvalue weighted by Gasteiger charge is 2.60. The van der Waals surface area contributed by atoms with Crippen molar-refractivity contribution < 1.29 is 14.3 Å². The van der Waals surface area contributed by atoms with Gasteiger partial charge in [-0.05, 0) is 36.5 Å². The molecule has 2 fully saturated rings. The Morgan fingerprint density at radius 3 is 2.60 bits per heavy atom. The van der Waals surface area contributed by atoms with E-state index < -0.39 is 0 Å². The van der Waals surface area contributed by atoms with Crippen molar-refractivity contribution in [1.82, 2.24) is 9.97 Å². The summed E-state index contributed by atoms with van der Waals surface area (Å²) in [6.07, 6.45) is 6.58. The third kappa shape index (κ3) is 2.42. The van der Waals surface area contributed by atoms with Crippen LogP contribution in [0.15, 0.2) is 48.7 Å². The first kappa shape index (κ1) is 17.3. The topological polar surface area (TPSA) is 96.2 Å². The lowest BCUT2D eigenvalue weighted by atomic mass is 9.85. The summed E-state index contributed by atoms with van der Waals surface area (Å²) in [7, 11) is 0. The van der Waals surface area contributed by atoms with Crippen molar-refractivity contribution in [3.63, 3.8) is 0 Å². The van der Waals surface area contributed by atoms with Crippen LogP contribution in [-0.4, -0.2) is 21.8 Å². The number of nitriles is 1. The molecule has 2 aromatic heterocycles. The van der Waals surface area contributed by atoms with Gasteiger partial charge >= 0.3 is 0 Å². The fraction of sp³-hybridized carbons (Fsp3) is 0.227. The molecule has 2 aliphatic carbocycles. The molecule has 3 aromatic rings. The van der Waals surface area contributed by atoms with E-state index in [4.69, 9.17) is 10.00 Å². The Morgan fingerprint density at radius 1 is 1.10 bits per heavy atom. The number of pyridine rings is 1. The highest BCUT2D eigenvalue weighted by Crippen LogP contribution is 2.53. The van der Waals surface area contributed by atoms with Crippen molar-refractivity contribution in [3.05, 3.63) is 54.2 Å². The average molecular weight is 414 g/mol. The molecule has 3 aliphatic rings. The summed E-state index contributed by atoms with van der Waals surface area (Å²) >= 11 is 1.30. The molecule has 30 heavy (non-hydrogen) atoms. The molecule has 146 valence electrons. The predicted octanol–water partition coefficient (Wildman–Crippen LogP) is 3.67. The van der Waals surface area contributed by atoms with Crippen LogP contribution in [0.1, 0.15) is 12.0 Å². The fourth-order valence-electron chi connectivity index (χ4n) is 4.80. The van der Waals surface area contributed by atoms with Gasteiger partial charge in [0, 0.05) is 18.3 Å². The van der Waals surface area contributed by atoms with Gasteiger partial charge in [0.05, 0.1) is 33.7 Å². The molecule has 7 nitrogen and oxygen atoms in total. The minimum absolute atomic E-state index is 0.130. The molecule has 8 heteroatoms. The van der Waals surface area contributed by atoms with Gasteiger partial charge in [0.25, 0.3) is 0 Å². The molecule has 1 saturated carbocycles. The van der Waals surface area contributed by atoms with Crippen molar-refractivity contribution in [2.45, 2.75) is 6.42 Å². The summed E-state index contributed by atoms with van der Waals surface area (Å²) in [5.74, 6) is 0.468. The van der Waals surface area contributed by atoms with E-state index in [1.165, 1.54) is 22.4 Å². The minimum Gasteiger partial charge on any atom is -0.439 e. The smallest absolute Gasteiger partial charge is 0.240 e. The number of hydrogen-bond acceptors (Lipinski definition) is 7. The van der Waals surface area contributed by atoms with Gasteiger partial charge in [-0.25, -0.2) is 14.9 Å². The number of thiazole rings is 1. The van der Waals surface area contributed by atoms with Crippen molar-refractivity contribution in [3.8, 4) is 17.7 Å². The second-order valence-electron chi connectivity index (χ2n) is 7.73. The van der Waals surface area contributed by atoms with E-state index in [-0.39, 0.29) is 35.5 Å². The van der Waals surface area contributed by atoms with Gasteiger partial charge in [-0.3, -0.25) is 9.59 Å². The van der Waals surface area contributed by atoms with E-state index in [0.29, 0.717) is 27.8 Å². The molecule has 1 saturated heterocycles. The van der Waals surface area contributed by atoms with Gasteiger partial charge in [-0.1, -0.05) is 23.5 Å². The monoisotopic (exact) mass is 414 g/mol. The lowest BCUT2D eigenvalue weighted by Crippen LogP contribution is -2.32. The first-order valence-electron chi connectivity index (χ1n) is 9.63. The molecular weight excluding hydrogens is 400 g/mol. The van der Waals surface area contributed by atoms with Gasteiger partial charge in [-0.2, -0.15) is 5.26 Å². The van der Waals surface area contributed by atoms with Crippen molar-refractivity contribution in [1.29, 1.82) is 5.26 Å². The number of fused-ring (bicyclic) bond motifs is 6. The highest BCUT2D eigenvalue weighted by molar-refractivity contribution is 7.22. The Hall–Kier alpha value is -3.57. The van der Waals surface area contributed by atoms with Gasteiger partial charge in [0.1, 0.15) is 5.75 Å². The van der Waals surface area contributed by atoms with Gasteiger partial charge in [0.2, 0.25) is 17.7 Å². The van der Waals surface area contributed by atoms with Crippen LogP contribution in [0.3, 0.4) is 0 Å². The second-order valence-corrected chi connectivity index (χ2v) is 8.74. The number of carbonyl (C=O) groups is 2. The maximum atomic E-state index is 13.0. The van der Waals surface area contributed by atoms with Crippen molar-refractivity contribution >= 4 is 38.5 Å². The summed E-state index contributed by atoms with van der Waals surface area (Å²) in [4.78, 5) is 36.0. The largest absolute Gasteiger partial charge is 0.439 e. The molecule has 0 spiro atoms. The zero-order valence-electron chi connectivity index (χ0n) is 15.6. The second kappa shape index (κ2) is 6.21. The van der Waals surface area contributed by atoms with Crippen LogP contribution in [0.25, 0.3) is 10.2 Å². The third-order valence-electron chi connectivity index (χ3n) is 6.10. The average Bonchev–Trinajstić information content (AvgIpc) is 3.51. The number of rotatable bonds is 3. The maximum absolute atomic E-state index is 13.0. The van der Waals surface area contributed by atoms with E-state index in [2.05, 4.69) is 28.2 Å². The van der Waals surface area contributed by atoms with Gasteiger partial charge < -0.3 is 4.74 Å². The first-order valence-corrected chi connectivity index (χ1v) is 10.4. The SMILES string of the molecule is N#Cc1ccnc(Oc2ccc3nc(N4C(=O)[C@@H]5[C@H](C4=O)[C@@H]4C=C[C@H]5C4)sc3c2)c1. The number of amides is 2. The fourth-order valence-corrected chi connectivity index (χ4v) is 5.80. The Kier molecular flexibility index (Phi) is 3.58. The van der Waals surface area contributed by atoms with Gasteiger partial charge in [0.15, 0.2) is 5.13 Å². The quantitative estimate of drug-likeness (QED) is 0.479. The Labute approximate surface area is 175 Å². The number of carbonyl (C=O) groups excluding carboxylic acids is 2. The number of nitrogens with zero attached hydrogens (tertiary/aromatic N) is 4. The van der Waals surface area contributed by atoms with Crippen LogP contribution >= 0.6 is 11.3 Å². The summed E-state index contributed by atoms with van der Waals surface area (Å²) in [5, 5.41) is 9.42. The zero-order chi connectivity index (χ0) is 20.4. The van der Waals surface area contributed by atoms with E-state index in [1.54, 1.807) is 30.3 Å². The normalized spacial score (nSPS) is 26.4. The molecule has 1 aliphatic heterocycles. The molecule has 2 amide bonds.